The molecule has 6 nitrogen and oxygen atoms in total. The zero-order valence-electron chi connectivity index (χ0n) is 13.9. The Labute approximate surface area is 137 Å². The minimum absolute atomic E-state index is 0.253. The van der Waals surface area contributed by atoms with Crippen LogP contribution in [0.25, 0.3) is 0 Å². The van der Waals surface area contributed by atoms with E-state index in [2.05, 4.69) is 34.0 Å². The molecule has 1 aliphatic heterocycles. The lowest BCUT2D eigenvalue weighted by Gasteiger charge is -2.38. The first-order chi connectivity index (χ1) is 11.1. The molecule has 2 aromatic rings. The van der Waals surface area contributed by atoms with Crippen LogP contribution in [0.4, 0.5) is 0 Å². The fourth-order valence-electron chi connectivity index (χ4n) is 3.08. The second-order valence-electron chi connectivity index (χ2n) is 6.66. The Balaban J connectivity index is 1.64. The third-order valence-electron chi connectivity index (χ3n) is 4.48. The Morgan fingerprint density at radius 2 is 2.22 bits per heavy atom. The minimum atomic E-state index is -0.893. The number of rotatable bonds is 5. The summed E-state index contributed by atoms with van der Waals surface area (Å²) in [7, 11) is 0. The number of aromatic nitrogens is 4. The van der Waals surface area contributed by atoms with Gasteiger partial charge in [-0.05, 0) is 45.4 Å². The maximum atomic E-state index is 11.0. The molecule has 3 heterocycles. The average molecular weight is 315 g/mol. The number of hydrogen-bond donors (Lipinski definition) is 1. The summed E-state index contributed by atoms with van der Waals surface area (Å²) in [6.45, 7) is 6.63. The van der Waals surface area contributed by atoms with Gasteiger partial charge in [-0.15, -0.1) is 5.10 Å². The van der Waals surface area contributed by atoms with Crippen LogP contribution in [-0.2, 0) is 12.0 Å². The number of β-amino-alcohol motifs (C(OH)–C–C–N with tert-alkyl or cyclic N) is 1. The molecule has 1 atom stereocenters. The van der Waals surface area contributed by atoms with Crippen molar-refractivity contribution >= 4 is 0 Å². The topological polar surface area (TPSA) is 67.1 Å². The van der Waals surface area contributed by atoms with Crippen LogP contribution in [0.3, 0.4) is 0 Å². The fourth-order valence-corrected chi connectivity index (χ4v) is 3.08. The van der Waals surface area contributed by atoms with Crippen LogP contribution in [-0.4, -0.2) is 49.6 Å². The predicted octanol–water partition coefficient (Wildman–Crippen LogP) is 1.78. The van der Waals surface area contributed by atoms with Gasteiger partial charge in [0.05, 0.1) is 6.20 Å². The van der Waals surface area contributed by atoms with Gasteiger partial charge in [-0.1, -0.05) is 11.3 Å². The molecule has 1 fully saturated rings. The summed E-state index contributed by atoms with van der Waals surface area (Å²) in [6, 6.07) is 6.24. The second kappa shape index (κ2) is 6.76. The zero-order valence-corrected chi connectivity index (χ0v) is 13.9. The molecule has 0 aliphatic carbocycles. The molecule has 23 heavy (non-hydrogen) atoms. The van der Waals surface area contributed by atoms with Gasteiger partial charge in [-0.2, -0.15) is 0 Å². The van der Waals surface area contributed by atoms with Crippen molar-refractivity contribution in [3.63, 3.8) is 0 Å². The van der Waals surface area contributed by atoms with Gasteiger partial charge in [0.1, 0.15) is 11.3 Å². The number of likely N-dealkylation sites (tertiary alicyclic amines) is 1. The molecule has 1 aliphatic rings. The molecule has 3 rings (SSSR count). The van der Waals surface area contributed by atoms with Crippen molar-refractivity contribution in [2.45, 2.75) is 44.8 Å². The van der Waals surface area contributed by atoms with Crippen molar-refractivity contribution in [1.82, 2.24) is 24.9 Å². The first kappa shape index (κ1) is 16.1. The third kappa shape index (κ3) is 3.76. The maximum absolute atomic E-state index is 11.0. The molecular formula is C17H25N5O. The summed E-state index contributed by atoms with van der Waals surface area (Å²) in [4.78, 5) is 6.66. The minimum Gasteiger partial charge on any atom is -0.382 e. The maximum Gasteiger partial charge on any atom is 0.123 e. The number of piperidine rings is 1. The highest BCUT2D eigenvalue weighted by Crippen LogP contribution is 2.30. The quantitative estimate of drug-likeness (QED) is 0.911. The van der Waals surface area contributed by atoms with Crippen molar-refractivity contribution in [2.75, 3.05) is 19.6 Å². The van der Waals surface area contributed by atoms with E-state index >= 15 is 0 Å². The van der Waals surface area contributed by atoms with Crippen molar-refractivity contribution < 1.29 is 5.11 Å². The van der Waals surface area contributed by atoms with Gasteiger partial charge in [0, 0.05) is 37.4 Å². The van der Waals surface area contributed by atoms with E-state index in [1.807, 2.05) is 30.6 Å². The summed E-state index contributed by atoms with van der Waals surface area (Å²) >= 11 is 0. The first-order valence-corrected chi connectivity index (χ1v) is 8.34. The number of hydrogen-bond acceptors (Lipinski definition) is 5. The van der Waals surface area contributed by atoms with Crippen LogP contribution < -0.4 is 0 Å². The second-order valence-corrected chi connectivity index (χ2v) is 6.66. The van der Waals surface area contributed by atoms with Crippen LogP contribution in [0.15, 0.2) is 30.6 Å². The summed E-state index contributed by atoms with van der Waals surface area (Å²) in [6.07, 6.45) is 6.31. The summed E-state index contributed by atoms with van der Waals surface area (Å²) in [5.74, 6) is 0. The van der Waals surface area contributed by atoms with E-state index in [9.17, 15) is 5.11 Å². The molecule has 1 saturated heterocycles. The zero-order chi connectivity index (χ0) is 16.3. The predicted molar refractivity (Wildman–Crippen MR) is 87.9 cm³/mol. The fraction of sp³-hybridized carbons (Fsp3) is 0.588. The molecule has 0 radical (unpaired) electrons. The number of aliphatic hydroxyl groups is 1. The van der Waals surface area contributed by atoms with Gasteiger partial charge < -0.3 is 5.11 Å². The average Bonchev–Trinajstić information content (AvgIpc) is 3.05. The first-order valence-electron chi connectivity index (χ1n) is 8.34. The van der Waals surface area contributed by atoms with E-state index in [4.69, 9.17) is 0 Å². The Bertz CT molecular complexity index is 627. The molecule has 1 N–H and O–H groups in total. The van der Waals surface area contributed by atoms with Crippen LogP contribution in [0, 0.1) is 0 Å². The SMILES string of the molecule is CC(C)n1cc([C@]2(O)CCCN(CCc3ccccn3)C2)nn1. The standard InChI is InChI=1S/C17H25N5O/c1-14(2)22-12-16(19-20-22)17(23)8-5-10-21(13-17)11-7-15-6-3-4-9-18-15/h3-4,6,9,12,14,23H,5,7-8,10-11,13H2,1-2H3/t17-/m0/s1. The molecule has 6 heteroatoms. The van der Waals surface area contributed by atoms with Crippen molar-refractivity contribution in [3.8, 4) is 0 Å². The van der Waals surface area contributed by atoms with E-state index in [0.29, 0.717) is 12.2 Å². The summed E-state index contributed by atoms with van der Waals surface area (Å²) in [5.41, 5.74) is 0.885. The van der Waals surface area contributed by atoms with E-state index in [0.717, 1.165) is 38.0 Å². The molecule has 0 unspecified atom stereocenters. The molecular weight excluding hydrogens is 290 g/mol. The highest BCUT2D eigenvalue weighted by Gasteiger charge is 2.37. The van der Waals surface area contributed by atoms with Crippen molar-refractivity contribution in [2.24, 2.45) is 0 Å². The van der Waals surface area contributed by atoms with Gasteiger partial charge in [-0.25, -0.2) is 4.68 Å². The van der Waals surface area contributed by atoms with Gasteiger partial charge in [0.25, 0.3) is 0 Å². The molecule has 124 valence electrons. The van der Waals surface area contributed by atoms with E-state index in [-0.39, 0.29) is 6.04 Å². The Hall–Kier alpha value is -1.79. The van der Waals surface area contributed by atoms with Gasteiger partial charge in [0.15, 0.2) is 0 Å². The summed E-state index contributed by atoms with van der Waals surface area (Å²) < 4.78 is 1.81. The molecule has 2 aromatic heterocycles. The Morgan fingerprint density at radius 1 is 1.35 bits per heavy atom. The van der Waals surface area contributed by atoms with Crippen molar-refractivity contribution in [1.29, 1.82) is 0 Å². The van der Waals surface area contributed by atoms with Gasteiger partial charge >= 0.3 is 0 Å². The highest BCUT2D eigenvalue weighted by atomic mass is 16.3. The van der Waals surface area contributed by atoms with Crippen LogP contribution in [0.1, 0.15) is 44.1 Å². The van der Waals surface area contributed by atoms with Crippen LogP contribution in [0.2, 0.25) is 0 Å². The van der Waals surface area contributed by atoms with E-state index < -0.39 is 5.60 Å². The van der Waals surface area contributed by atoms with Crippen LogP contribution in [0.5, 0.6) is 0 Å². The Morgan fingerprint density at radius 3 is 2.91 bits per heavy atom. The monoisotopic (exact) mass is 315 g/mol. The van der Waals surface area contributed by atoms with Crippen molar-refractivity contribution in [3.05, 3.63) is 42.0 Å². The molecule has 0 bridgehead atoms. The Kier molecular flexibility index (Phi) is 4.73. The lowest BCUT2D eigenvalue weighted by Crippen LogP contribution is -2.47. The lowest BCUT2D eigenvalue weighted by atomic mass is 9.90. The van der Waals surface area contributed by atoms with Gasteiger partial charge in [-0.3, -0.25) is 9.88 Å². The highest BCUT2D eigenvalue weighted by molar-refractivity contribution is 5.10. The molecule has 0 aromatic carbocycles. The number of nitrogens with zero attached hydrogens (tertiary/aromatic N) is 5. The third-order valence-corrected chi connectivity index (χ3v) is 4.48. The largest absolute Gasteiger partial charge is 0.382 e. The van der Waals surface area contributed by atoms with Crippen LogP contribution >= 0.6 is 0 Å². The normalized spacial score (nSPS) is 22.6. The number of pyridine rings is 1. The molecule has 0 amide bonds. The lowest BCUT2D eigenvalue weighted by molar-refractivity contribution is -0.0386. The van der Waals surface area contributed by atoms with Gasteiger partial charge in [0.2, 0.25) is 0 Å². The molecule has 0 saturated carbocycles. The summed E-state index contributed by atoms with van der Waals surface area (Å²) in [5, 5.41) is 19.4. The molecule has 0 spiro atoms. The smallest absolute Gasteiger partial charge is 0.123 e. The van der Waals surface area contributed by atoms with E-state index in [1.54, 1.807) is 4.68 Å². The van der Waals surface area contributed by atoms with E-state index in [1.165, 1.54) is 0 Å².